The third kappa shape index (κ3) is 6.67. The van der Waals surface area contributed by atoms with Crippen LogP contribution in [0.3, 0.4) is 0 Å². The number of hydrogen-bond donors (Lipinski definition) is 2. The lowest BCUT2D eigenvalue weighted by atomic mass is 9.83. The van der Waals surface area contributed by atoms with Crippen molar-refractivity contribution >= 4 is 45.3 Å². The van der Waals surface area contributed by atoms with Gasteiger partial charge in [-0.25, -0.2) is 14.2 Å². The number of benzene rings is 2. The van der Waals surface area contributed by atoms with Gasteiger partial charge in [0.1, 0.15) is 23.2 Å². The Morgan fingerprint density at radius 3 is 2.52 bits per heavy atom. The van der Waals surface area contributed by atoms with Gasteiger partial charge in [0.2, 0.25) is 11.8 Å². The molecule has 0 radical (unpaired) electrons. The Hall–Kier alpha value is -5.37. The van der Waals surface area contributed by atoms with Crippen LogP contribution >= 0.6 is 0 Å². The maximum Gasteiger partial charge on any atom is 0.329 e. The number of imide groups is 1. The number of rotatable bonds is 9. The van der Waals surface area contributed by atoms with Crippen LogP contribution in [-0.2, 0) is 22.3 Å². The van der Waals surface area contributed by atoms with Gasteiger partial charge in [0.05, 0.1) is 41.1 Å². The summed E-state index contributed by atoms with van der Waals surface area (Å²) in [5.41, 5.74) is 2.36. The number of piperidine rings is 1. The summed E-state index contributed by atoms with van der Waals surface area (Å²) in [6, 6.07) is 14.1. The molecule has 2 aromatic carbocycles. The van der Waals surface area contributed by atoms with Crippen molar-refractivity contribution in [3.63, 3.8) is 0 Å². The molecule has 1 unspecified atom stereocenters. The first-order valence-electron chi connectivity index (χ1n) is 18.7. The Morgan fingerprint density at radius 2 is 1.80 bits per heavy atom. The van der Waals surface area contributed by atoms with Crippen LogP contribution in [0.1, 0.15) is 92.1 Å². The molecule has 0 spiro atoms. The lowest BCUT2D eigenvalue weighted by Crippen LogP contribution is -2.47. The first-order valence-corrected chi connectivity index (χ1v) is 18.7. The fourth-order valence-electron chi connectivity index (χ4n) is 8.35. The molecule has 3 fully saturated rings. The van der Waals surface area contributed by atoms with Crippen LogP contribution in [0.5, 0.6) is 5.75 Å². The maximum atomic E-state index is 14.5. The average molecular weight is 737 g/mol. The summed E-state index contributed by atoms with van der Waals surface area (Å²) < 4.78 is 25.3. The summed E-state index contributed by atoms with van der Waals surface area (Å²) in [5, 5.41) is 11.0. The van der Waals surface area contributed by atoms with Crippen LogP contribution in [-0.4, -0.2) is 73.3 Å². The van der Waals surface area contributed by atoms with Crippen molar-refractivity contribution < 1.29 is 23.5 Å². The van der Waals surface area contributed by atoms with Gasteiger partial charge in [0.25, 0.3) is 5.91 Å². The quantitative estimate of drug-likeness (QED) is 0.193. The zero-order valence-corrected chi connectivity index (χ0v) is 31.0. The van der Waals surface area contributed by atoms with Gasteiger partial charge in [0.15, 0.2) is 0 Å². The number of nitrogens with zero attached hydrogens (tertiary/aromatic N) is 6. The fourth-order valence-corrected chi connectivity index (χ4v) is 8.35. The van der Waals surface area contributed by atoms with Crippen LogP contribution in [0, 0.1) is 5.92 Å². The van der Waals surface area contributed by atoms with Crippen molar-refractivity contribution in [1.29, 1.82) is 0 Å². The van der Waals surface area contributed by atoms with Crippen LogP contribution < -0.4 is 21.1 Å². The molecular weight excluding hydrogens is 691 g/mol. The first-order chi connectivity index (χ1) is 25.9. The van der Waals surface area contributed by atoms with Crippen LogP contribution in [0.4, 0.5) is 10.1 Å². The van der Waals surface area contributed by atoms with Gasteiger partial charge in [0, 0.05) is 56.7 Å². The van der Waals surface area contributed by atoms with E-state index in [2.05, 4.69) is 37.3 Å². The minimum Gasteiger partial charge on any atom is -0.494 e. The normalized spacial score (nSPS) is 21.3. The average Bonchev–Trinajstić information content (AvgIpc) is 3.66. The Balaban J connectivity index is 0.868. The second-order valence-corrected chi connectivity index (χ2v) is 15.6. The summed E-state index contributed by atoms with van der Waals surface area (Å²) in [6.07, 6.45) is 6.84. The molecule has 1 atom stereocenters. The number of carbonyl (C=O) groups excluding carboxylic acids is 3. The Kier molecular flexibility index (Phi) is 9.11. The number of halogens is 1. The predicted molar refractivity (Wildman–Crippen MR) is 201 cm³/mol. The van der Waals surface area contributed by atoms with Gasteiger partial charge in [-0.05, 0) is 87.8 Å². The highest BCUT2D eigenvalue weighted by Crippen LogP contribution is 2.38. The number of methoxy groups -OCH3 is 1. The molecule has 14 heteroatoms. The number of anilines is 1. The molecule has 2 aliphatic heterocycles. The van der Waals surface area contributed by atoms with E-state index in [4.69, 9.17) is 9.84 Å². The minimum absolute atomic E-state index is 0.121. The molecule has 5 aromatic rings. The number of hydrogen-bond acceptors (Lipinski definition) is 8. The van der Waals surface area contributed by atoms with E-state index < -0.39 is 23.5 Å². The summed E-state index contributed by atoms with van der Waals surface area (Å²) in [5.74, 6) is 0.292. The van der Waals surface area contributed by atoms with Gasteiger partial charge < -0.3 is 15.0 Å². The molecule has 1 aliphatic carbocycles. The van der Waals surface area contributed by atoms with E-state index in [9.17, 15) is 23.6 Å². The van der Waals surface area contributed by atoms with E-state index in [0.717, 1.165) is 61.7 Å². The summed E-state index contributed by atoms with van der Waals surface area (Å²) >= 11 is 0. The fraction of sp³-hybridized carbons (Fsp3) is 0.450. The predicted octanol–water partition coefficient (Wildman–Crippen LogP) is 5.36. The van der Waals surface area contributed by atoms with Crippen LogP contribution in [0.2, 0.25) is 0 Å². The van der Waals surface area contributed by atoms with Crippen molar-refractivity contribution in [2.75, 3.05) is 32.1 Å². The van der Waals surface area contributed by atoms with E-state index in [1.807, 2.05) is 24.4 Å². The molecule has 3 aromatic heterocycles. The van der Waals surface area contributed by atoms with Gasteiger partial charge >= 0.3 is 5.69 Å². The third-order valence-corrected chi connectivity index (χ3v) is 11.5. The number of ether oxygens (including phenoxy) is 1. The molecule has 8 rings (SSSR count). The number of likely N-dealkylation sites (tertiary alicyclic amines) is 1. The van der Waals surface area contributed by atoms with Crippen molar-refractivity contribution in [3.05, 3.63) is 82.2 Å². The van der Waals surface area contributed by atoms with E-state index >= 15 is 0 Å². The number of pyridine rings is 1. The maximum absolute atomic E-state index is 14.5. The van der Waals surface area contributed by atoms with Crippen molar-refractivity contribution in [3.8, 4) is 5.75 Å². The first kappa shape index (κ1) is 35.6. The van der Waals surface area contributed by atoms with Crippen LogP contribution in [0.25, 0.3) is 21.9 Å². The van der Waals surface area contributed by atoms with Gasteiger partial charge in [-0.3, -0.25) is 33.5 Å². The SMILES string of the molecule is COc1cc2nn(C3CCC(CN4CC(c5ccc6c(c5)n(C)c(=O)n6C5CCC(=O)NC5=O)C4)CC3)cc2cc1NC(=O)c1cccc(C(C)(C)F)n1. The van der Waals surface area contributed by atoms with E-state index in [1.54, 1.807) is 36.9 Å². The Bertz CT molecular complexity index is 2340. The highest BCUT2D eigenvalue weighted by molar-refractivity contribution is 6.05. The molecule has 3 amide bonds. The van der Waals surface area contributed by atoms with Crippen molar-refractivity contribution in [1.82, 2.24) is 34.1 Å². The molecule has 282 valence electrons. The number of aromatic nitrogens is 5. The molecular formula is C40H45FN8O5. The van der Waals surface area contributed by atoms with Crippen molar-refractivity contribution in [2.24, 2.45) is 13.0 Å². The number of carbonyl (C=O) groups is 3. The van der Waals surface area contributed by atoms with E-state index in [0.29, 0.717) is 35.2 Å². The minimum atomic E-state index is -1.67. The lowest BCUT2D eigenvalue weighted by molar-refractivity contribution is -0.135. The monoisotopic (exact) mass is 736 g/mol. The topological polar surface area (TPSA) is 145 Å². The number of alkyl halides is 1. The summed E-state index contributed by atoms with van der Waals surface area (Å²) in [6.45, 7) is 5.80. The largest absolute Gasteiger partial charge is 0.494 e. The number of nitrogens with one attached hydrogen (secondary N) is 2. The zero-order valence-electron chi connectivity index (χ0n) is 31.0. The number of imidazole rings is 1. The van der Waals surface area contributed by atoms with Gasteiger partial charge in [-0.2, -0.15) is 5.10 Å². The standard InChI is InChI=1S/C40H45FN8O5/c1-40(2,41)35-7-5-6-28(42-35)37(51)43-30-16-25-22-48(45-29(25)18-34(30)54-4)27-11-8-23(9-12-27)19-47-20-26(21-47)24-10-13-31-33(17-24)46(3)39(53)49(31)32-14-15-36(50)44-38(32)52/h5-7,10,13,16-18,22-23,26-27,32H,8-9,11-12,14-15,19-21H2,1-4H3,(H,43,51)(H,44,50,52). The van der Waals surface area contributed by atoms with E-state index in [-0.39, 0.29) is 35.4 Å². The zero-order chi connectivity index (χ0) is 37.9. The number of amides is 3. The molecule has 2 saturated heterocycles. The van der Waals surface area contributed by atoms with Crippen LogP contribution in [0.15, 0.2) is 59.5 Å². The van der Waals surface area contributed by atoms with E-state index in [1.165, 1.54) is 24.0 Å². The Morgan fingerprint density at radius 1 is 1.02 bits per heavy atom. The highest BCUT2D eigenvalue weighted by atomic mass is 19.1. The second-order valence-electron chi connectivity index (χ2n) is 15.6. The molecule has 1 saturated carbocycles. The van der Waals surface area contributed by atoms with Gasteiger partial charge in [-0.15, -0.1) is 0 Å². The third-order valence-electron chi connectivity index (χ3n) is 11.5. The van der Waals surface area contributed by atoms with Crippen molar-refractivity contribution in [2.45, 2.75) is 76.0 Å². The highest BCUT2D eigenvalue weighted by Gasteiger charge is 2.34. The number of fused-ring (bicyclic) bond motifs is 2. The Labute approximate surface area is 311 Å². The molecule has 3 aliphatic rings. The molecule has 13 nitrogen and oxygen atoms in total. The molecule has 2 N–H and O–H groups in total. The molecule has 5 heterocycles. The molecule has 0 bridgehead atoms. The molecule has 54 heavy (non-hydrogen) atoms. The summed E-state index contributed by atoms with van der Waals surface area (Å²) in [7, 11) is 3.28. The smallest absolute Gasteiger partial charge is 0.329 e. The lowest BCUT2D eigenvalue weighted by Gasteiger charge is -2.42. The second kappa shape index (κ2) is 13.8. The summed E-state index contributed by atoms with van der Waals surface area (Å²) in [4.78, 5) is 57.3. The number of aryl methyl sites for hydroxylation is 1. The van der Waals surface area contributed by atoms with Gasteiger partial charge in [-0.1, -0.05) is 12.1 Å².